The van der Waals surface area contributed by atoms with Gasteiger partial charge in [0.05, 0.1) is 18.4 Å². The fraction of sp³-hybridized carbons (Fsp3) is 0.250. The number of anilines is 1. The lowest BCUT2D eigenvalue weighted by Gasteiger charge is -2.12. The number of nitrogens with one attached hydrogen (secondary N) is 2. The number of benzene rings is 2. The van der Waals surface area contributed by atoms with E-state index in [0.717, 1.165) is 52.5 Å². The first-order chi connectivity index (χ1) is 15.6. The van der Waals surface area contributed by atoms with Crippen LogP contribution in [0.4, 0.5) is 5.00 Å². The Bertz CT molecular complexity index is 1220. The van der Waals surface area contributed by atoms with Crippen LogP contribution in [-0.2, 0) is 27.2 Å². The summed E-state index contributed by atoms with van der Waals surface area (Å²) in [6.07, 6.45) is 5.11. The number of fused-ring (bicyclic) bond motifs is 2. The Morgan fingerprint density at radius 1 is 1.06 bits per heavy atom. The molecule has 164 valence electrons. The molecule has 1 aliphatic carbocycles. The van der Waals surface area contributed by atoms with Crippen LogP contribution in [0.15, 0.2) is 47.6 Å². The smallest absolute Gasteiger partial charge is 0.341 e. The van der Waals surface area contributed by atoms with Crippen LogP contribution in [0.2, 0.25) is 0 Å². The molecule has 4 rings (SSSR count). The second kappa shape index (κ2) is 9.74. The normalized spacial score (nSPS) is 13.0. The Morgan fingerprint density at radius 2 is 1.84 bits per heavy atom. The van der Waals surface area contributed by atoms with Gasteiger partial charge in [0, 0.05) is 4.88 Å². The Balaban J connectivity index is 1.44. The summed E-state index contributed by atoms with van der Waals surface area (Å²) in [4.78, 5) is 38.2. The minimum Gasteiger partial charge on any atom is -0.462 e. The van der Waals surface area contributed by atoms with Crippen molar-refractivity contribution in [3.8, 4) is 0 Å². The highest BCUT2D eigenvalue weighted by Crippen LogP contribution is 2.38. The van der Waals surface area contributed by atoms with Crippen LogP contribution in [0.5, 0.6) is 0 Å². The lowest BCUT2D eigenvalue weighted by Crippen LogP contribution is -2.32. The Hall–Kier alpha value is -3.52. The van der Waals surface area contributed by atoms with Crippen molar-refractivity contribution in [3.63, 3.8) is 0 Å². The molecule has 0 fully saturated rings. The quantitative estimate of drug-likeness (QED) is 0.266. The van der Waals surface area contributed by atoms with Crippen LogP contribution in [0, 0.1) is 0 Å². The van der Waals surface area contributed by atoms with Crippen molar-refractivity contribution in [2.45, 2.75) is 32.6 Å². The van der Waals surface area contributed by atoms with Gasteiger partial charge < -0.3 is 10.1 Å². The third-order valence-corrected chi connectivity index (χ3v) is 6.44. The average molecular weight is 450 g/mol. The average Bonchev–Trinajstić information content (AvgIpc) is 3.17. The van der Waals surface area contributed by atoms with Gasteiger partial charge in [-0.05, 0) is 60.6 Å². The maximum atomic E-state index is 12.5. The summed E-state index contributed by atoms with van der Waals surface area (Å²) in [6, 6.07) is 13.7. The summed E-state index contributed by atoms with van der Waals surface area (Å²) in [5.74, 6) is -2.27. The number of carbonyl (C=O) groups is 3. The summed E-state index contributed by atoms with van der Waals surface area (Å²) < 4.78 is 5.17. The first kappa shape index (κ1) is 21.7. The second-order valence-electron chi connectivity index (χ2n) is 7.40. The minimum absolute atomic E-state index is 0.237. The summed E-state index contributed by atoms with van der Waals surface area (Å²) in [5.41, 5.74) is 4.32. The van der Waals surface area contributed by atoms with E-state index in [-0.39, 0.29) is 6.61 Å². The molecule has 1 heterocycles. The van der Waals surface area contributed by atoms with Gasteiger partial charge in [0.2, 0.25) is 0 Å². The van der Waals surface area contributed by atoms with Gasteiger partial charge >= 0.3 is 17.8 Å². The van der Waals surface area contributed by atoms with Crippen molar-refractivity contribution in [2.24, 2.45) is 5.10 Å². The van der Waals surface area contributed by atoms with E-state index in [0.29, 0.717) is 10.6 Å². The van der Waals surface area contributed by atoms with E-state index < -0.39 is 17.8 Å². The molecular formula is C24H23N3O4S. The Morgan fingerprint density at radius 3 is 2.66 bits per heavy atom. The van der Waals surface area contributed by atoms with E-state index in [1.54, 1.807) is 6.92 Å². The fourth-order valence-corrected chi connectivity index (χ4v) is 5.01. The highest BCUT2D eigenvalue weighted by Gasteiger charge is 2.28. The van der Waals surface area contributed by atoms with Crippen molar-refractivity contribution in [1.82, 2.24) is 5.43 Å². The van der Waals surface area contributed by atoms with Gasteiger partial charge in [-0.2, -0.15) is 5.10 Å². The highest BCUT2D eigenvalue weighted by molar-refractivity contribution is 7.17. The Kier molecular flexibility index (Phi) is 6.61. The zero-order valence-corrected chi connectivity index (χ0v) is 18.5. The van der Waals surface area contributed by atoms with Crippen LogP contribution in [-0.4, -0.2) is 30.6 Å². The molecule has 3 aromatic rings. The van der Waals surface area contributed by atoms with E-state index in [2.05, 4.69) is 15.8 Å². The second-order valence-corrected chi connectivity index (χ2v) is 8.50. The molecule has 7 nitrogen and oxygen atoms in total. The number of ether oxygens (including phenoxy) is 1. The molecule has 2 aromatic carbocycles. The molecule has 0 radical (unpaired) electrons. The number of nitrogens with zero attached hydrogens (tertiary/aromatic N) is 1. The summed E-state index contributed by atoms with van der Waals surface area (Å²) in [6.45, 7) is 1.97. The molecule has 2 N–H and O–H groups in total. The predicted molar refractivity (Wildman–Crippen MR) is 125 cm³/mol. The highest BCUT2D eigenvalue weighted by atomic mass is 32.1. The van der Waals surface area contributed by atoms with Crippen LogP contribution in [0.25, 0.3) is 10.8 Å². The standard InChI is InChI=1S/C24H23N3O4S/c1-2-31-24(30)20-18-9-5-6-10-19(18)32-23(20)26-21(28)22(29)27-25-14-15-11-12-16-7-3-4-8-17(16)13-15/h3-4,7-8,11-14H,2,5-6,9-10H2,1H3,(H,26,28)(H,27,29)/b25-14+. The molecule has 32 heavy (non-hydrogen) atoms. The molecule has 1 aromatic heterocycles. The lowest BCUT2D eigenvalue weighted by molar-refractivity contribution is -0.136. The van der Waals surface area contributed by atoms with Crippen molar-refractivity contribution >= 4 is 51.1 Å². The number of hydrazone groups is 1. The van der Waals surface area contributed by atoms with Crippen LogP contribution in [0.1, 0.15) is 46.1 Å². The van der Waals surface area contributed by atoms with Gasteiger partial charge in [-0.3, -0.25) is 9.59 Å². The molecule has 0 aliphatic heterocycles. The molecule has 8 heteroatoms. The summed E-state index contributed by atoms with van der Waals surface area (Å²) in [7, 11) is 0. The number of hydrogen-bond acceptors (Lipinski definition) is 6. The topological polar surface area (TPSA) is 96.9 Å². The molecule has 0 atom stereocenters. The van der Waals surface area contributed by atoms with Gasteiger partial charge in [-0.25, -0.2) is 10.2 Å². The molecule has 0 saturated heterocycles. The lowest BCUT2D eigenvalue weighted by atomic mass is 9.95. The van der Waals surface area contributed by atoms with Gasteiger partial charge in [-0.1, -0.05) is 36.4 Å². The number of rotatable bonds is 5. The van der Waals surface area contributed by atoms with E-state index in [1.165, 1.54) is 17.6 Å². The number of aryl methyl sites for hydroxylation is 1. The summed E-state index contributed by atoms with van der Waals surface area (Å²) >= 11 is 1.33. The SMILES string of the molecule is CCOC(=O)c1c(NC(=O)C(=O)N/N=C/c2ccc3ccccc3c2)sc2c1CCCC2. The van der Waals surface area contributed by atoms with Crippen molar-refractivity contribution < 1.29 is 19.1 Å². The maximum Gasteiger partial charge on any atom is 0.341 e. The zero-order chi connectivity index (χ0) is 22.5. The molecule has 0 saturated carbocycles. The number of carbonyl (C=O) groups excluding carboxylic acids is 3. The van der Waals surface area contributed by atoms with Crippen molar-refractivity contribution in [3.05, 3.63) is 64.0 Å². The maximum absolute atomic E-state index is 12.5. The van der Waals surface area contributed by atoms with Crippen molar-refractivity contribution in [2.75, 3.05) is 11.9 Å². The molecule has 0 bridgehead atoms. The number of hydrogen-bond donors (Lipinski definition) is 2. The number of thiophene rings is 1. The number of amides is 2. The third kappa shape index (κ3) is 4.70. The summed E-state index contributed by atoms with van der Waals surface area (Å²) in [5, 5.41) is 8.97. The van der Waals surface area contributed by atoms with Gasteiger partial charge in [-0.15, -0.1) is 11.3 Å². The minimum atomic E-state index is -0.914. The first-order valence-corrected chi connectivity index (χ1v) is 11.3. The van der Waals surface area contributed by atoms with Gasteiger partial charge in [0.25, 0.3) is 0 Å². The number of esters is 1. The van der Waals surface area contributed by atoms with E-state index >= 15 is 0 Å². The fourth-order valence-electron chi connectivity index (χ4n) is 3.74. The van der Waals surface area contributed by atoms with E-state index in [4.69, 9.17) is 4.74 Å². The predicted octanol–water partition coefficient (Wildman–Crippen LogP) is 4.05. The van der Waals surface area contributed by atoms with Gasteiger partial charge in [0.1, 0.15) is 5.00 Å². The molecule has 0 unspecified atom stereocenters. The largest absolute Gasteiger partial charge is 0.462 e. The van der Waals surface area contributed by atoms with Crippen LogP contribution in [0.3, 0.4) is 0 Å². The van der Waals surface area contributed by atoms with E-state index in [9.17, 15) is 14.4 Å². The molecule has 1 aliphatic rings. The zero-order valence-electron chi connectivity index (χ0n) is 17.6. The molecular weight excluding hydrogens is 426 g/mol. The third-order valence-electron chi connectivity index (χ3n) is 5.24. The van der Waals surface area contributed by atoms with E-state index in [1.807, 2.05) is 42.5 Å². The van der Waals surface area contributed by atoms with Gasteiger partial charge in [0.15, 0.2) is 0 Å². The van der Waals surface area contributed by atoms with Crippen LogP contribution < -0.4 is 10.7 Å². The van der Waals surface area contributed by atoms with Crippen LogP contribution >= 0.6 is 11.3 Å². The van der Waals surface area contributed by atoms with Crippen molar-refractivity contribution in [1.29, 1.82) is 0 Å². The monoisotopic (exact) mass is 449 g/mol. The molecule has 0 spiro atoms. The molecule has 2 amide bonds. The first-order valence-electron chi connectivity index (χ1n) is 10.5. The Labute approximate surface area is 189 Å².